The molecule has 0 saturated carbocycles. The summed E-state index contributed by atoms with van der Waals surface area (Å²) in [5, 5.41) is 0.415. The van der Waals surface area contributed by atoms with Crippen LogP contribution in [-0.4, -0.2) is 29.9 Å². The predicted molar refractivity (Wildman–Crippen MR) is 48.2 cm³/mol. The molecule has 1 aliphatic heterocycles. The number of piperidine rings is 1. The van der Waals surface area contributed by atoms with Crippen molar-refractivity contribution >= 4 is 24.0 Å². The fraction of sp³-hybridized carbons (Fsp3) is 1.00. The van der Waals surface area contributed by atoms with E-state index < -0.39 is 0 Å². The third-order valence-electron chi connectivity index (χ3n) is 1.90. The molecule has 1 saturated heterocycles. The molecule has 0 aromatic heterocycles. The van der Waals surface area contributed by atoms with Gasteiger partial charge in [0, 0.05) is 11.9 Å². The number of rotatable bonds is 1. The monoisotopic (exact) mass is 183 g/mol. The zero-order chi connectivity index (χ0) is 6.69. The van der Waals surface area contributed by atoms with Crippen LogP contribution >= 0.6 is 24.0 Å². The number of hydrogen-bond acceptors (Lipinski definition) is 1. The van der Waals surface area contributed by atoms with Gasteiger partial charge in [-0.25, -0.2) is 0 Å². The summed E-state index contributed by atoms with van der Waals surface area (Å²) >= 11 is 5.95. The minimum Gasteiger partial charge on any atom is -0.302 e. The van der Waals surface area contributed by atoms with Crippen LogP contribution in [0.15, 0.2) is 0 Å². The molecule has 1 atom stereocenters. The van der Waals surface area contributed by atoms with Gasteiger partial charge in [-0.1, -0.05) is 6.92 Å². The van der Waals surface area contributed by atoms with E-state index in [4.69, 9.17) is 11.6 Å². The van der Waals surface area contributed by atoms with Crippen LogP contribution in [0, 0.1) is 0 Å². The van der Waals surface area contributed by atoms with Gasteiger partial charge in [0.1, 0.15) is 0 Å². The highest BCUT2D eigenvalue weighted by molar-refractivity contribution is 6.20. The molecule has 0 aromatic rings. The van der Waals surface area contributed by atoms with Gasteiger partial charge in [-0.3, -0.25) is 0 Å². The number of alkyl halides is 1. The first kappa shape index (κ1) is 10.5. The van der Waals surface area contributed by atoms with Crippen molar-refractivity contribution < 1.29 is 0 Å². The van der Waals surface area contributed by atoms with Crippen molar-refractivity contribution in [1.29, 1.82) is 0 Å². The minimum absolute atomic E-state index is 0. The van der Waals surface area contributed by atoms with Crippen LogP contribution in [0.4, 0.5) is 0 Å². The van der Waals surface area contributed by atoms with Crippen molar-refractivity contribution in [3.63, 3.8) is 0 Å². The first-order valence-electron chi connectivity index (χ1n) is 3.69. The molecule has 62 valence electrons. The first-order chi connectivity index (χ1) is 4.33. The van der Waals surface area contributed by atoms with Crippen molar-refractivity contribution in [2.75, 3.05) is 19.6 Å². The molecule has 1 fully saturated rings. The number of nitrogens with zero attached hydrogens (tertiary/aromatic N) is 1. The molecule has 0 spiro atoms. The Labute approximate surface area is 74.1 Å². The lowest BCUT2D eigenvalue weighted by Crippen LogP contribution is -2.35. The fourth-order valence-electron chi connectivity index (χ4n) is 1.29. The Kier molecular flexibility index (Phi) is 5.51. The summed E-state index contributed by atoms with van der Waals surface area (Å²) in [7, 11) is 0. The molecule has 0 amide bonds. The van der Waals surface area contributed by atoms with E-state index in [1.165, 1.54) is 19.4 Å². The highest BCUT2D eigenvalue weighted by atomic mass is 35.5. The average molecular weight is 184 g/mol. The Morgan fingerprint density at radius 1 is 1.60 bits per heavy atom. The van der Waals surface area contributed by atoms with E-state index >= 15 is 0 Å². The second kappa shape index (κ2) is 5.22. The number of likely N-dealkylation sites (tertiary alicyclic amines) is 1. The highest BCUT2D eigenvalue weighted by Crippen LogP contribution is 2.13. The summed E-state index contributed by atoms with van der Waals surface area (Å²) in [6.07, 6.45) is 2.49. The largest absolute Gasteiger partial charge is 0.302 e. The average Bonchev–Trinajstić information content (AvgIpc) is 1.88. The van der Waals surface area contributed by atoms with Gasteiger partial charge in [-0.15, -0.1) is 24.0 Å². The molecule has 0 N–H and O–H groups in total. The summed E-state index contributed by atoms with van der Waals surface area (Å²) in [4.78, 5) is 2.40. The van der Waals surface area contributed by atoms with Gasteiger partial charge >= 0.3 is 0 Å². The molecule has 1 rings (SSSR count). The zero-order valence-corrected chi connectivity index (χ0v) is 7.92. The van der Waals surface area contributed by atoms with E-state index in [0.29, 0.717) is 5.38 Å². The standard InChI is InChI=1S/C7H14ClN.ClH/c1-2-9-5-3-4-7(8)6-9;/h7H,2-6H2,1H3;1H. The molecule has 0 aromatic carbocycles. The van der Waals surface area contributed by atoms with Gasteiger partial charge in [0.05, 0.1) is 0 Å². The van der Waals surface area contributed by atoms with Crippen molar-refractivity contribution in [3.8, 4) is 0 Å². The van der Waals surface area contributed by atoms with Gasteiger partial charge < -0.3 is 4.90 Å². The smallest absolute Gasteiger partial charge is 0.0463 e. The van der Waals surface area contributed by atoms with E-state index in [1.54, 1.807) is 0 Å². The van der Waals surface area contributed by atoms with E-state index in [-0.39, 0.29) is 12.4 Å². The Bertz CT molecular complexity index is 87.7. The summed E-state index contributed by atoms with van der Waals surface area (Å²) in [5.41, 5.74) is 0. The molecule has 10 heavy (non-hydrogen) atoms. The maximum atomic E-state index is 5.95. The van der Waals surface area contributed by atoms with Gasteiger partial charge in [-0.2, -0.15) is 0 Å². The zero-order valence-electron chi connectivity index (χ0n) is 6.35. The lowest BCUT2D eigenvalue weighted by Gasteiger charge is -2.28. The predicted octanol–water partition coefficient (Wildman–Crippen LogP) is 2.13. The molecule has 3 heteroatoms. The topological polar surface area (TPSA) is 3.24 Å². The van der Waals surface area contributed by atoms with Crippen LogP contribution in [0.1, 0.15) is 19.8 Å². The van der Waals surface area contributed by atoms with E-state index in [0.717, 1.165) is 13.1 Å². The normalized spacial score (nSPS) is 27.6. The molecule has 1 heterocycles. The Morgan fingerprint density at radius 2 is 2.30 bits per heavy atom. The van der Waals surface area contributed by atoms with Crippen molar-refractivity contribution in [1.82, 2.24) is 4.90 Å². The van der Waals surface area contributed by atoms with Gasteiger partial charge in [0.15, 0.2) is 0 Å². The maximum absolute atomic E-state index is 5.95. The summed E-state index contributed by atoms with van der Waals surface area (Å²) < 4.78 is 0. The third-order valence-corrected chi connectivity index (χ3v) is 2.25. The molecule has 0 radical (unpaired) electrons. The fourth-order valence-corrected chi connectivity index (χ4v) is 1.64. The Hall–Kier alpha value is 0.540. The second-order valence-corrected chi connectivity index (χ2v) is 3.25. The van der Waals surface area contributed by atoms with Crippen LogP contribution in [-0.2, 0) is 0 Å². The lowest BCUT2D eigenvalue weighted by molar-refractivity contribution is 0.243. The number of halogens is 2. The minimum atomic E-state index is 0. The third kappa shape index (κ3) is 3.09. The molecular formula is C7H15Cl2N. The van der Waals surface area contributed by atoms with Gasteiger partial charge in [-0.05, 0) is 25.9 Å². The first-order valence-corrected chi connectivity index (χ1v) is 4.13. The number of hydrogen-bond donors (Lipinski definition) is 0. The lowest BCUT2D eigenvalue weighted by atomic mass is 10.1. The van der Waals surface area contributed by atoms with Crippen molar-refractivity contribution in [3.05, 3.63) is 0 Å². The Balaban J connectivity index is 0.000000810. The van der Waals surface area contributed by atoms with Crippen LogP contribution in [0.2, 0.25) is 0 Å². The van der Waals surface area contributed by atoms with E-state index in [2.05, 4.69) is 11.8 Å². The quantitative estimate of drug-likeness (QED) is 0.564. The SMILES string of the molecule is CCN1CCCC(Cl)C1.Cl. The van der Waals surface area contributed by atoms with E-state index in [9.17, 15) is 0 Å². The van der Waals surface area contributed by atoms with Crippen molar-refractivity contribution in [2.24, 2.45) is 0 Å². The Morgan fingerprint density at radius 3 is 2.70 bits per heavy atom. The molecular weight excluding hydrogens is 169 g/mol. The van der Waals surface area contributed by atoms with Gasteiger partial charge in [0.25, 0.3) is 0 Å². The molecule has 0 bridgehead atoms. The van der Waals surface area contributed by atoms with Gasteiger partial charge in [0.2, 0.25) is 0 Å². The molecule has 1 nitrogen and oxygen atoms in total. The maximum Gasteiger partial charge on any atom is 0.0463 e. The van der Waals surface area contributed by atoms with Crippen molar-refractivity contribution in [2.45, 2.75) is 25.1 Å². The summed E-state index contributed by atoms with van der Waals surface area (Å²) in [5.74, 6) is 0. The summed E-state index contributed by atoms with van der Waals surface area (Å²) in [6.45, 7) is 5.69. The van der Waals surface area contributed by atoms with Crippen LogP contribution < -0.4 is 0 Å². The second-order valence-electron chi connectivity index (χ2n) is 2.63. The van der Waals surface area contributed by atoms with Crippen LogP contribution in [0.5, 0.6) is 0 Å². The van der Waals surface area contributed by atoms with Crippen LogP contribution in [0.3, 0.4) is 0 Å². The van der Waals surface area contributed by atoms with E-state index in [1.807, 2.05) is 0 Å². The van der Waals surface area contributed by atoms with Crippen LogP contribution in [0.25, 0.3) is 0 Å². The summed E-state index contributed by atoms with van der Waals surface area (Å²) in [6, 6.07) is 0. The molecule has 1 aliphatic rings. The highest BCUT2D eigenvalue weighted by Gasteiger charge is 2.15. The molecule has 0 aliphatic carbocycles. The molecule has 1 unspecified atom stereocenters.